The van der Waals surface area contributed by atoms with E-state index in [1.165, 1.54) is 13.2 Å². The predicted octanol–water partition coefficient (Wildman–Crippen LogP) is 2.93. The SMILES string of the molecule is COc1cc([C@H](C)NC(=O)N[C@H](CO)c2ccccc2)ccc1F. The molecule has 2 rings (SSSR count). The van der Waals surface area contributed by atoms with E-state index in [1.54, 1.807) is 19.1 Å². The molecule has 2 amide bonds. The van der Waals surface area contributed by atoms with E-state index < -0.39 is 17.9 Å². The lowest BCUT2D eigenvalue weighted by atomic mass is 10.1. The minimum absolute atomic E-state index is 0.124. The quantitative estimate of drug-likeness (QED) is 0.762. The Kier molecular flexibility index (Phi) is 6.14. The molecule has 2 atom stereocenters. The van der Waals surface area contributed by atoms with Gasteiger partial charge in [-0.25, -0.2) is 9.18 Å². The van der Waals surface area contributed by atoms with Gasteiger partial charge in [-0.15, -0.1) is 0 Å². The minimum atomic E-state index is -0.499. The number of nitrogens with one attached hydrogen (secondary N) is 2. The highest BCUT2D eigenvalue weighted by atomic mass is 19.1. The Hall–Kier alpha value is -2.60. The average Bonchev–Trinajstić information content (AvgIpc) is 2.60. The van der Waals surface area contributed by atoms with Gasteiger partial charge in [-0.2, -0.15) is 0 Å². The monoisotopic (exact) mass is 332 g/mol. The zero-order valence-corrected chi connectivity index (χ0v) is 13.6. The Morgan fingerprint density at radius 2 is 1.88 bits per heavy atom. The largest absolute Gasteiger partial charge is 0.494 e. The van der Waals surface area contributed by atoms with E-state index in [0.717, 1.165) is 5.56 Å². The van der Waals surface area contributed by atoms with E-state index >= 15 is 0 Å². The summed E-state index contributed by atoms with van der Waals surface area (Å²) < 4.78 is 18.4. The lowest BCUT2D eigenvalue weighted by molar-refractivity contribution is 0.214. The van der Waals surface area contributed by atoms with Crippen molar-refractivity contribution in [3.63, 3.8) is 0 Å². The van der Waals surface area contributed by atoms with E-state index in [0.29, 0.717) is 5.56 Å². The van der Waals surface area contributed by atoms with Gasteiger partial charge in [0.25, 0.3) is 0 Å². The molecule has 2 aromatic rings. The van der Waals surface area contributed by atoms with Crippen molar-refractivity contribution in [3.05, 3.63) is 65.5 Å². The van der Waals surface area contributed by atoms with Gasteiger partial charge in [0.1, 0.15) is 0 Å². The zero-order chi connectivity index (χ0) is 17.5. The first-order chi connectivity index (χ1) is 11.5. The highest BCUT2D eigenvalue weighted by Crippen LogP contribution is 2.22. The number of carbonyl (C=O) groups is 1. The third kappa shape index (κ3) is 4.45. The molecule has 0 spiro atoms. The first-order valence-corrected chi connectivity index (χ1v) is 7.61. The fourth-order valence-corrected chi connectivity index (χ4v) is 2.35. The molecule has 0 saturated heterocycles. The van der Waals surface area contributed by atoms with Crippen LogP contribution in [-0.2, 0) is 0 Å². The van der Waals surface area contributed by atoms with Crippen LogP contribution in [0.25, 0.3) is 0 Å². The van der Waals surface area contributed by atoms with Crippen molar-refractivity contribution in [2.75, 3.05) is 13.7 Å². The van der Waals surface area contributed by atoms with Gasteiger partial charge in [-0.05, 0) is 30.2 Å². The summed E-state index contributed by atoms with van der Waals surface area (Å²) in [6, 6.07) is 12.3. The van der Waals surface area contributed by atoms with Gasteiger partial charge in [-0.1, -0.05) is 36.4 Å². The van der Waals surface area contributed by atoms with Crippen molar-refractivity contribution in [1.82, 2.24) is 10.6 Å². The normalized spacial score (nSPS) is 13.0. The van der Waals surface area contributed by atoms with Gasteiger partial charge in [0.15, 0.2) is 11.6 Å². The molecular weight excluding hydrogens is 311 g/mol. The number of urea groups is 1. The van der Waals surface area contributed by atoms with Crippen LogP contribution in [0, 0.1) is 5.82 Å². The molecule has 24 heavy (non-hydrogen) atoms. The van der Waals surface area contributed by atoms with Gasteiger partial charge in [0.2, 0.25) is 0 Å². The number of rotatable bonds is 6. The van der Waals surface area contributed by atoms with Crippen LogP contribution in [0.4, 0.5) is 9.18 Å². The maximum Gasteiger partial charge on any atom is 0.315 e. The van der Waals surface area contributed by atoms with Gasteiger partial charge in [0, 0.05) is 0 Å². The van der Waals surface area contributed by atoms with Crippen LogP contribution in [0.3, 0.4) is 0 Å². The van der Waals surface area contributed by atoms with E-state index in [4.69, 9.17) is 4.74 Å². The second kappa shape index (κ2) is 8.31. The summed E-state index contributed by atoms with van der Waals surface area (Å²) in [4.78, 5) is 12.2. The summed E-state index contributed by atoms with van der Waals surface area (Å²) in [6.45, 7) is 1.57. The maximum atomic E-state index is 13.4. The molecule has 0 aromatic heterocycles. The average molecular weight is 332 g/mol. The summed E-state index contributed by atoms with van der Waals surface area (Å²) in [5, 5.41) is 15.0. The molecule has 0 bridgehead atoms. The number of aliphatic hydroxyl groups is 1. The minimum Gasteiger partial charge on any atom is -0.494 e. The fourth-order valence-electron chi connectivity index (χ4n) is 2.35. The van der Waals surface area contributed by atoms with Crippen LogP contribution in [0.5, 0.6) is 5.75 Å². The number of amides is 2. The van der Waals surface area contributed by atoms with E-state index in [-0.39, 0.29) is 18.4 Å². The van der Waals surface area contributed by atoms with Crippen molar-refractivity contribution in [2.24, 2.45) is 0 Å². The third-order valence-electron chi connectivity index (χ3n) is 3.71. The molecular formula is C18H21FN2O3. The number of ether oxygens (including phenoxy) is 1. The Morgan fingerprint density at radius 3 is 2.50 bits per heavy atom. The van der Waals surface area contributed by atoms with Crippen LogP contribution in [0.2, 0.25) is 0 Å². The Morgan fingerprint density at radius 1 is 1.17 bits per heavy atom. The fraction of sp³-hybridized carbons (Fsp3) is 0.278. The predicted molar refractivity (Wildman–Crippen MR) is 89.3 cm³/mol. The summed E-state index contributed by atoms with van der Waals surface area (Å²) in [5.41, 5.74) is 1.52. The second-order valence-corrected chi connectivity index (χ2v) is 5.38. The number of carbonyl (C=O) groups excluding carboxylic acids is 1. The Labute approximate surface area is 140 Å². The van der Waals surface area contributed by atoms with Gasteiger partial charge < -0.3 is 20.5 Å². The van der Waals surface area contributed by atoms with E-state index in [2.05, 4.69) is 10.6 Å². The molecule has 5 nitrogen and oxygen atoms in total. The number of hydrogen-bond donors (Lipinski definition) is 3. The Bertz CT molecular complexity index is 679. The Balaban J connectivity index is 2.00. The highest BCUT2D eigenvalue weighted by molar-refractivity contribution is 5.75. The molecule has 0 aliphatic heterocycles. The van der Waals surface area contributed by atoms with E-state index in [1.807, 2.05) is 30.3 Å². The zero-order valence-electron chi connectivity index (χ0n) is 13.6. The molecule has 0 aliphatic carbocycles. The molecule has 2 aromatic carbocycles. The number of methoxy groups -OCH3 is 1. The van der Waals surface area contributed by atoms with Gasteiger partial charge in [-0.3, -0.25) is 0 Å². The standard InChI is InChI=1S/C18H21FN2O3/c1-12(14-8-9-15(19)17(10-14)24-2)20-18(23)21-16(11-22)13-6-4-3-5-7-13/h3-10,12,16,22H,11H2,1-2H3,(H2,20,21,23)/t12-,16+/m0/s1. The molecule has 6 heteroatoms. The van der Waals surface area contributed by atoms with Crippen molar-refractivity contribution >= 4 is 6.03 Å². The molecule has 0 saturated carbocycles. The van der Waals surface area contributed by atoms with Gasteiger partial charge in [0.05, 0.1) is 25.8 Å². The topological polar surface area (TPSA) is 70.6 Å². The smallest absolute Gasteiger partial charge is 0.315 e. The molecule has 0 heterocycles. The summed E-state index contributed by atoms with van der Waals surface area (Å²) in [6.07, 6.45) is 0. The van der Waals surface area contributed by atoms with Crippen molar-refractivity contribution in [3.8, 4) is 5.75 Å². The first-order valence-electron chi connectivity index (χ1n) is 7.61. The molecule has 3 N–H and O–H groups in total. The molecule has 0 radical (unpaired) electrons. The van der Waals surface area contributed by atoms with Gasteiger partial charge >= 0.3 is 6.03 Å². The lowest BCUT2D eigenvalue weighted by Crippen LogP contribution is -2.40. The summed E-state index contributed by atoms with van der Waals surface area (Å²) in [7, 11) is 1.39. The molecule has 128 valence electrons. The molecule has 0 unspecified atom stereocenters. The van der Waals surface area contributed by atoms with Crippen LogP contribution in [0.15, 0.2) is 48.5 Å². The first kappa shape index (κ1) is 17.7. The van der Waals surface area contributed by atoms with Crippen molar-refractivity contribution < 1.29 is 19.0 Å². The number of benzene rings is 2. The lowest BCUT2D eigenvalue weighted by Gasteiger charge is -2.20. The number of hydrogen-bond acceptors (Lipinski definition) is 3. The van der Waals surface area contributed by atoms with Crippen LogP contribution in [-0.4, -0.2) is 24.9 Å². The maximum absolute atomic E-state index is 13.4. The number of halogens is 1. The van der Waals surface area contributed by atoms with Crippen LogP contribution >= 0.6 is 0 Å². The van der Waals surface area contributed by atoms with E-state index in [9.17, 15) is 14.3 Å². The molecule has 0 fully saturated rings. The van der Waals surface area contributed by atoms with Crippen LogP contribution < -0.4 is 15.4 Å². The van der Waals surface area contributed by atoms with Crippen molar-refractivity contribution in [2.45, 2.75) is 19.0 Å². The summed E-state index contributed by atoms with van der Waals surface area (Å²) in [5.74, 6) is -0.332. The highest BCUT2D eigenvalue weighted by Gasteiger charge is 2.16. The second-order valence-electron chi connectivity index (χ2n) is 5.38. The third-order valence-corrected chi connectivity index (χ3v) is 3.71. The number of aliphatic hydroxyl groups excluding tert-OH is 1. The van der Waals surface area contributed by atoms with Crippen molar-refractivity contribution in [1.29, 1.82) is 0 Å². The molecule has 0 aliphatic rings. The van der Waals surface area contributed by atoms with Crippen LogP contribution in [0.1, 0.15) is 30.1 Å². The summed E-state index contributed by atoms with van der Waals surface area (Å²) >= 11 is 0.